The SMILES string of the molecule is Cc1ccc(N(C(COS(=O)(=O)c2ccc(C)cc2)Cc2c[nH]c3ccccc23)S(=O)[O-])cc1. The van der Waals surface area contributed by atoms with E-state index in [1.807, 2.05) is 56.4 Å². The molecular formula is C25H25N2O5S2-. The van der Waals surface area contributed by atoms with Gasteiger partial charge in [-0.25, -0.2) is 0 Å². The van der Waals surface area contributed by atoms with Crippen molar-refractivity contribution in [3.05, 3.63) is 95.7 Å². The van der Waals surface area contributed by atoms with Gasteiger partial charge in [-0.05, 0) is 56.2 Å². The van der Waals surface area contributed by atoms with Crippen LogP contribution in [0.1, 0.15) is 16.7 Å². The molecule has 0 amide bonds. The van der Waals surface area contributed by atoms with E-state index in [4.69, 9.17) is 4.18 Å². The molecule has 0 fully saturated rings. The molecule has 2 unspecified atom stereocenters. The predicted molar refractivity (Wildman–Crippen MR) is 133 cm³/mol. The minimum absolute atomic E-state index is 0.0223. The number of benzene rings is 3. The summed E-state index contributed by atoms with van der Waals surface area (Å²) in [6.07, 6.45) is 2.06. The highest BCUT2D eigenvalue weighted by atomic mass is 32.2. The lowest BCUT2D eigenvalue weighted by Gasteiger charge is -2.34. The van der Waals surface area contributed by atoms with Gasteiger partial charge in [-0.1, -0.05) is 53.6 Å². The maximum absolute atomic E-state index is 12.8. The van der Waals surface area contributed by atoms with Gasteiger partial charge in [0.05, 0.1) is 17.5 Å². The van der Waals surface area contributed by atoms with E-state index < -0.39 is 27.4 Å². The Morgan fingerprint density at radius 2 is 1.59 bits per heavy atom. The van der Waals surface area contributed by atoms with Crippen molar-refractivity contribution in [1.29, 1.82) is 0 Å². The average Bonchev–Trinajstić information content (AvgIpc) is 3.22. The van der Waals surface area contributed by atoms with E-state index in [-0.39, 0.29) is 17.9 Å². The number of H-pyrrole nitrogens is 1. The number of aromatic amines is 1. The Morgan fingerprint density at radius 1 is 0.971 bits per heavy atom. The van der Waals surface area contributed by atoms with Gasteiger partial charge in [-0.15, -0.1) is 0 Å². The summed E-state index contributed by atoms with van der Waals surface area (Å²) in [5, 5.41) is 0.939. The molecule has 4 aromatic rings. The van der Waals surface area contributed by atoms with Gasteiger partial charge >= 0.3 is 0 Å². The maximum atomic E-state index is 12.8. The van der Waals surface area contributed by atoms with E-state index in [1.54, 1.807) is 24.3 Å². The molecule has 0 aliphatic rings. The second-order valence-corrected chi connectivity index (χ2v) is 10.6. The molecule has 1 heterocycles. The summed E-state index contributed by atoms with van der Waals surface area (Å²) in [5.74, 6) is 0. The first-order valence-corrected chi connectivity index (χ1v) is 13.1. The zero-order valence-electron chi connectivity index (χ0n) is 18.8. The van der Waals surface area contributed by atoms with Gasteiger partial charge in [0.1, 0.15) is 0 Å². The van der Waals surface area contributed by atoms with Crippen LogP contribution in [-0.2, 0) is 32.0 Å². The van der Waals surface area contributed by atoms with E-state index in [2.05, 4.69) is 4.98 Å². The highest BCUT2D eigenvalue weighted by Crippen LogP contribution is 2.26. The van der Waals surface area contributed by atoms with Crippen LogP contribution in [0, 0.1) is 13.8 Å². The van der Waals surface area contributed by atoms with Crippen LogP contribution in [0.25, 0.3) is 10.9 Å². The summed E-state index contributed by atoms with van der Waals surface area (Å²) < 4.78 is 57.0. The number of nitrogens with one attached hydrogen (secondary N) is 1. The first-order chi connectivity index (χ1) is 16.2. The summed E-state index contributed by atoms with van der Waals surface area (Å²) in [6, 6.07) is 20.2. The molecule has 0 spiro atoms. The molecule has 34 heavy (non-hydrogen) atoms. The van der Waals surface area contributed by atoms with Crippen molar-refractivity contribution in [2.75, 3.05) is 10.9 Å². The smallest absolute Gasteiger partial charge is 0.297 e. The zero-order chi connectivity index (χ0) is 24.3. The quantitative estimate of drug-likeness (QED) is 0.273. The third-order valence-corrected chi connectivity index (χ3v) is 7.76. The predicted octanol–water partition coefficient (Wildman–Crippen LogP) is 4.40. The standard InChI is InChI=1S/C25H26N2O5S2/c1-18-7-11-21(12-8-18)27(33(28)29)22(15-20-16-26-25-6-4-3-5-24(20)25)17-32-34(30,31)23-13-9-19(2)10-14-23/h3-14,16,22,26H,15,17H2,1-2H3,(H,28,29)/p-1. The van der Waals surface area contributed by atoms with Gasteiger partial charge in [0.2, 0.25) is 0 Å². The molecule has 1 N–H and O–H groups in total. The highest BCUT2D eigenvalue weighted by molar-refractivity contribution is 7.86. The molecule has 9 heteroatoms. The molecule has 178 valence electrons. The number of nitrogens with zero attached hydrogens (tertiary/aromatic N) is 1. The molecular weight excluding hydrogens is 472 g/mol. The summed E-state index contributed by atoms with van der Waals surface area (Å²) in [6.45, 7) is 3.41. The number of hydrogen-bond acceptors (Lipinski definition) is 5. The minimum atomic E-state index is -4.08. The molecule has 0 radical (unpaired) electrons. The van der Waals surface area contributed by atoms with E-state index in [9.17, 15) is 17.2 Å². The number of hydrogen-bond donors (Lipinski definition) is 1. The molecule has 1 aromatic heterocycles. The molecule has 3 aromatic carbocycles. The van der Waals surface area contributed by atoms with Gasteiger partial charge in [0, 0.05) is 34.1 Å². The Labute approximate surface area is 201 Å². The minimum Gasteiger partial charge on any atom is -0.755 e. The molecule has 0 saturated carbocycles. The lowest BCUT2D eigenvalue weighted by molar-refractivity contribution is 0.291. The molecule has 7 nitrogen and oxygen atoms in total. The average molecular weight is 498 g/mol. The van der Waals surface area contributed by atoms with Gasteiger partial charge in [0.15, 0.2) is 0 Å². The van der Waals surface area contributed by atoms with E-state index in [0.29, 0.717) is 5.69 Å². The molecule has 0 bridgehead atoms. The largest absolute Gasteiger partial charge is 0.755 e. The Hall–Kier alpha value is -2.98. The van der Waals surface area contributed by atoms with Crippen molar-refractivity contribution in [2.45, 2.75) is 31.2 Å². The number of aromatic nitrogens is 1. The van der Waals surface area contributed by atoms with Crippen molar-refractivity contribution >= 4 is 38.0 Å². The lowest BCUT2D eigenvalue weighted by Crippen LogP contribution is -2.42. The monoisotopic (exact) mass is 497 g/mol. The third kappa shape index (κ3) is 5.39. The first kappa shape index (κ1) is 24.2. The Morgan fingerprint density at radius 3 is 2.24 bits per heavy atom. The first-order valence-electron chi connectivity index (χ1n) is 10.7. The molecule has 0 aliphatic carbocycles. The number of rotatable bonds is 9. The van der Waals surface area contributed by atoms with Crippen molar-refractivity contribution in [3.8, 4) is 0 Å². The maximum Gasteiger partial charge on any atom is 0.297 e. The van der Waals surface area contributed by atoms with E-state index >= 15 is 0 Å². The molecule has 0 saturated heterocycles. The van der Waals surface area contributed by atoms with Crippen LogP contribution in [0.5, 0.6) is 0 Å². The van der Waals surface area contributed by atoms with Gasteiger partial charge in [0.25, 0.3) is 10.1 Å². The summed E-state index contributed by atoms with van der Waals surface area (Å²) in [7, 11) is -4.08. The fraction of sp³-hybridized carbons (Fsp3) is 0.200. The summed E-state index contributed by atoms with van der Waals surface area (Å²) in [5.41, 5.74) is 4.10. The van der Waals surface area contributed by atoms with Crippen LogP contribution in [0.4, 0.5) is 5.69 Å². The number of fused-ring (bicyclic) bond motifs is 1. The fourth-order valence-corrected chi connectivity index (χ4v) is 5.43. The summed E-state index contributed by atoms with van der Waals surface area (Å²) >= 11 is -2.66. The topological polar surface area (TPSA) is 103 Å². The van der Waals surface area contributed by atoms with Crippen LogP contribution in [0.2, 0.25) is 0 Å². The van der Waals surface area contributed by atoms with Gasteiger partial charge < -0.3 is 9.54 Å². The second-order valence-electron chi connectivity index (χ2n) is 8.15. The van der Waals surface area contributed by atoms with Crippen molar-refractivity contribution in [3.63, 3.8) is 0 Å². The molecule has 2 atom stereocenters. The highest BCUT2D eigenvalue weighted by Gasteiger charge is 2.26. The van der Waals surface area contributed by atoms with Crippen molar-refractivity contribution in [1.82, 2.24) is 4.98 Å². The number of anilines is 1. The lowest BCUT2D eigenvalue weighted by atomic mass is 10.0. The normalized spacial score (nSPS) is 13.6. The van der Waals surface area contributed by atoms with E-state index in [0.717, 1.165) is 27.6 Å². The van der Waals surface area contributed by atoms with Crippen LogP contribution in [-0.4, -0.2) is 34.8 Å². The van der Waals surface area contributed by atoms with Crippen LogP contribution in [0.15, 0.2) is 83.9 Å². The van der Waals surface area contributed by atoms with Crippen LogP contribution in [0.3, 0.4) is 0 Å². The molecule has 4 rings (SSSR count). The number of aryl methyl sites for hydroxylation is 2. The Balaban J connectivity index is 1.68. The van der Waals surface area contributed by atoms with Crippen molar-refractivity contribution in [2.24, 2.45) is 0 Å². The van der Waals surface area contributed by atoms with Crippen LogP contribution < -0.4 is 4.31 Å². The van der Waals surface area contributed by atoms with Crippen LogP contribution >= 0.6 is 0 Å². The van der Waals surface area contributed by atoms with Gasteiger partial charge in [-0.2, -0.15) is 8.42 Å². The van der Waals surface area contributed by atoms with E-state index in [1.165, 1.54) is 16.4 Å². The zero-order valence-corrected chi connectivity index (χ0v) is 20.4. The third-order valence-electron chi connectivity index (χ3n) is 5.64. The fourth-order valence-electron chi connectivity index (χ4n) is 3.82. The van der Waals surface area contributed by atoms with Crippen molar-refractivity contribution < 1.29 is 21.4 Å². The Kier molecular flexibility index (Phi) is 7.18. The van der Waals surface area contributed by atoms with Gasteiger partial charge in [-0.3, -0.25) is 12.7 Å². The Bertz CT molecular complexity index is 1400. The number of para-hydroxylation sites is 1. The summed E-state index contributed by atoms with van der Waals surface area (Å²) in [4.78, 5) is 3.20. The second kappa shape index (κ2) is 10.1. The molecule has 0 aliphatic heterocycles.